The van der Waals surface area contributed by atoms with Crippen molar-refractivity contribution in [1.29, 1.82) is 0 Å². The zero-order valence-electron chi connectivity index (χ0n) is 15.0. The van der Waals surface area contributed by atoms with E-state index in [2.05, 4.69) is 16.9 Å². The number of nitrogens with zero attached hydrogens (tertiary/aromatic N) is 2. The zero-order chi connectivity index (χ0) is 18.1. The minimum absolute atomic E-state index is 0.0279. The van der Waals surface area contributed by atoms with Gasteiger partial charge in [0.15, 0.2) is 5.82 Å². The molecule has 0 saturated carbocycles. The molecule has 0 aliphatic heterocycles. The molecule has 1 heterocycles. The summed E-state index contributed by atoms with van der Waals surface area (Å²) in [4.78, 5) is 20.3. The zero-order valence-corrected chi connectivity index (χ0v) is 15.0. The predicted octanol–water partition coefficient (Wildman–Crippen LogP) is 4.87. The van der Waals surface area contributed by atoms with Crippen molar-refractivity contribution in [3.05, 3.63) is 65.8 Å². The number of aromatic nitrogens is 2. The molecule has 132 valence electrons. The van der Waals surface area contributed by atoms with E-state index in [0.717, 1.165) is 30.4 Å². The highest BCUT2D eigenvalue weighted by Crippen LogP contribution is 2.25. The Morgan fingerprint density at radius 1 is 1.12 bits per heavy atom. The summed E-state index contributed by atoms with van der Waals surface area (Å²) in [5.41, 5.74) is 2.31. The summed E-state index contributed by atoms with van der Waals surface area (Å²) in [6.07, 6.45) is 10.5. The van der Waals surface area contributed by atoms with Gasteiger partial charge >= 0.3 is 5.97 Å². The standard InChI is InChI=1S/C21H26N2O2/c1-3-5-7-10-16-14-22-20(23-15-16)19(21(24)25)13-17(4-2)18-11-8-6-9-12-18/h6,8-9,11-15,17H,3-5,7,10H2,1-2H3,(H,24,25)/b19-13+. The van der Waals surface area contributed by atoms with Gasteiger partial charge in [-0.1, -0.05) is 63.1 Å². The molecule has 0 spiro atoms. The molecule has 0 fully saturated rings. The second kappa shape index (κ2) is 9.72. The average molecular weight is 338 g/mol. The van der Waals surface area contributed by atoms with Crippen molar-refractivity contribution >= 4 is 11.5 Å². The first kappa shape index (κ1) is 18.8. The molecule has 1 unspecified atom stereocenters. The monoisotopic (exact) mass is 338 g/mol. The van der Waals surface area contributed by atoms with E-state index in [1.165, 1.54) is 12.8 Å². The first-order valence-electron chi connectivity index (χ1n) is 8.97. The van der Waals surface area contributed by atoms with E-state index in [4.69, 9.17) is 0 Å². The number of rotatable bonds is 9. The smallest absolute Gasteiger partial charge is 0.339 e. The highest BCUT2D eigenvalue weighted by Gasteiger charge is 2.17. The third-order valence-corrected chi connectivity index (χ3v) is 4.28. The minimum Gasteiger partial charge on any atom is -0.478 e. The Labute approximate surface area is 149 Å². The van der Waals surface area contributed by atoms with Crippen molar-refractivity contribution in [2.45, 2.75) is 51.9 Å². The van der Waals surface area contributed by atoms with E-state index in [-0.39, 0.29) is 17.3 Å². The van der Waals surface area contributed by atoms with Crippen molar-refractivity contribution in [2.75, 3.05) is 0 Å². The van der Waals surface area contributed by atoms with Crippen LogP contribution in [0, 0.1) is 0 Å². The molecule has 0 aliphatic rings. The molecule has 4 heteroatoms. The van der Waals surface area contributed by atoms with Gasteiger partial charge in [0.1, 0.15) is 5.57 Å². The van der Waals surface area contributed by atoms with Crippen LogP contribution >= 0.6 is 0 Å². The van der Waals surface area contributed by atoms with E-state index in [1.54, 1.807) is 18.5 Å². The maximum absolute atomic E-state index is 11.7. The second-order valence-corrected chi connectivity index (χ2v) is 6.18. The molecule has 1 aromatic heterocycles. The van der Waals surface area contributed by atoms with Crippen molar-refractivity contribution in [3.8, 4) is 0 Å². The van der Waals surface area contributed by atoms with Crippen LogP contribution < -0.4 is 0 Å². The van der Waals surface area contributed by atoms with Crippen LogP contribution in [-0.4, -0.2) is 21.0 Å². The van der Waals surface area contributed by atoms with Gasteiger partial charge in [0.2, 0.25) is 0 Å². The van der Waals surface area contributed by atoms with E-state index in [9.17, 15) is 9.90 Å². The summed E-state index contributed by atoms with van der Waals surface area (Å²) in [5, 5.41) is 9.61. The third-order valence-electron chi connectivity index (χ3n) is 4.28. The molecule has 4 nitrogen and oxygen atoms in total. The number of carboxylic acids is 1. The van der Waals surface area contributed by atoms with Gasteiger partial charge in [0, 0.05) is 18.3 Å². The molecular formula is C21H26N2O2. The van der Waals surface area contributed by atoms with Gasteiger partial charge in [-0.15, -0.1) is 0 Å². The number of carboxylic acid groups (broad SMARTS) is 1. The van der Waals surface area contributed by atoms with Crippen LogP contribution in [-0.2, 0) is 11.2 Å². The van der Waals surface area contributed by atoms with Crippen LogP contribution in [0.15, 0.2) is 48.8 Å². The highest BCUT2D eigenvalue weighted by atomic mass is 16.4. The van der Waals surface area contributed by atoms with Gasteiger partial charge in [-0.3, -0.25) is 0 Å². The molecule has 0 aliphatic carbocycles. The Hall–Kier alpha value is -2.49. The molecule has 0 amide bonds. The number of unbranched alkanes of at least 4 members (excludes halogenated alkanes) is 2. The predicted molar refractivity (Wildman–Crippen MR) is 100 cm³/mol. The molecule has 2 aromatic rings. The largest absolute Gasteiger partial charge is 0.478 e. The fraction of sp³-hybridized carbons (Fsp3) is 0.381. The summed E-state index contributed by atoms with van der Waals surface area (Å²) >= 11 is 0. The summed E-state index contributed by atoms with van der Waals surface area (Å²) < 4.78 is 0. The Morgan fingerprint density at radius 3 is 2.36 bits per heavy atom. The fourth-order valence-electron chi connectivity index (χ4n) is 2.79. The first-order chi connectivity index (χ1) is 12.2. The summed E-state index contributed by atoms with van der Waals surface area (Å²) in [5.74, 6) is -0.686. The van der Waals surface area contributed by atoms with Gasteiger partial charge in [-0.25, -0.2) is 14.8 Å². The molecule has 1 N–H and O–H groups in total. The second-order valence-electron chi connectivity index (χ2n) is 6.18. The average Bonchev–Trinajstić information content (AvgIpc) is 2.64. The van der Waals surface area contributed by atoms with Crippen molar-refractivity contribution < 1.29 is 9.90 Å². The lowest BCUT2D eigenvalue weighted by Crippen LogP contribution is -2.07. The lowest BCUT2D eigenvalue weighted by Gasteiger charge is -2.12. The minimum atomic E-state index is -0.992. The molecule has 2 rings (SSSR count). The molecule has 1 atom stereocenters. The molecule has 0 bridgehead atoms. The maximum atomic E-state index is 11.7. The Morgan fingerprint density at radius 2 is 1.80 bits per heavy atom. The van der Waals surface area contributed by atoms with Crippen LogP contribution in [0.5, 0.6) is 0 Å². The van der Waals surface area contributed by atoms with Crippen molar-refractivity contribution in [1.82, 2.24) is 9.97 Å². The molecular weight excluding hydrogens is 312 g/mol. The molecule has 1 aromatic carbocycles. The van der Waals surface area contributed by atoms with Crippen molar-refractivity contribution in [2.24, 2.45) is 0 Å². The summed E-state index contributed by atoms with van der Waals surface area (Å²) in [6.45, 7) is 4.21. The van der Waals surface area contributed by atoms with Crippen LogP contribution in [0.25, 0.3) is 5.57 Å². The summed E-state index contributed by atoms with van der Waals surface area (Å²) in [7, 11) is 0. The van der Waals surface area contributed by atoms with Gasteiger partial charge in [0.25, 0.3) is 0 Å². The van der Waals surface area contributed by atoms with Gasteiger partial charge in [-0.2, -0.15) is 0 Å². The van der Waals surface area contributed by atoms with Gasteiger partial charge in [-0.05, 0) is 30.4 Å². The lowest BCUT2D eigenvalue weighted by molar-refractivity contribution is -0.130. The molecule has 0 saturated heterocycles. The number of aliphatic carboxylic acids is 1. The summed E-state index contributed by atoms with van der Waals surface area (Å²) in [6, 6.07) is 9.92. The normalized spacial score (nSPS) is 12.8. The van der Waals surface area contributed by atoms with Crippen LogP contribution in [0.4, 0.5) is 0 Å². The quantitative estimate of drug-likeness (QED) is 0.523. The topological polar surface area (TPSA) is 63.1 Å². The van der Waals surface area contributed by atoms with Gasteiger partial charge in [0.05, 0.1) is 0 Å². The third kappa shape index (κ3) is 5.52. The first-order valence-corrected chi connectivity index (χ1v) is 8.97. The van der Waals surface area contributed by atoms with Crippen molar-refractivity contribution in [3.63, 3.8) is 0 Å². The number of carbonyl (C=O) groups is 1. The van der Waals surface area contributed by atoms with E-state index >= 15 is 0 Å². The number of aryl methyl sites for hydroxylation is 1. The number of hydrogen-bond acceptors (Lipinski definition) is 3. The number of allylic oxidation sites excluding steroid dienone is 1. The van der Waals surface area contributed by atoms with Crippen LogP contribution in [0.1, 0.15) is 62.4 Å². The van der Waals surface area contributed by atoms with Crippen LogP contribution in [0.2, 0.25) is 0 Å². The molecule has 0 radical (unpaired) electrons. The Bertz CT molecular complexity index is 694. The van der Waals surface area contributed by atoms with E-state index in [1.807, 2.05) is 37.3 Å². The Kier molecular flexibility index (Phi) is 7.33. The lowest BCUT2D eigenvalue weighted by atomic mass is 9.94. The van der Waals surface area contributed by atoms with E-state index in [0.29, 0.717) is 0 Å². The SMILES string of the molecule is CCCCCc1cnc(/C(=C\C(CC)c2ccccc2)C(=O)O)nc1. The van der Waals surface area contributed by atoms with E-state index < -0.39 is 5.97 Å². The number of benzene rings is 1. The highest BCUT2D eigenvalue weighted by molar-refractivity contribution is 6.14. The fourth-order valence-corrected chi connectivity index (χ4v) is 2.79. The van der Waals surface area contributed by atoms with Crippen LogP contribution in [0.3, 0.4) is 0 Å². The maximum Gasteiger partial charge on any atom is 0.339 e. The Balaban J connectivity index is 2.23. The van der Waals surface area contributed by atoms with Gasteiger partial charge < -0.3 is 5.11 Å². The number of hydrogen-bond donors (Lipinski definition) is 1. The molecule has 25 heavy (non-hydrogen) atoms.